The number of nitrogens with one attached hydrogen (secondary N) is 2. The summed E-state index contributed by atoms with van der Waals surface area (Å²) < 4.78 is 28.3. The summed E-state index contributed by atoms with van der Waals surface area (Å²) in [7, 11) is -3.70. The number of para-hydroxylation sites is 1. The molecule has 36 heavy (non-hydrogen) atoms. The number of sulfonamides is 1. The highest BCUT2D eigenvalue weighted by Crippen LogP contribution is 2.26. The van der Waals surface area contributed by atoms with Gasteiger partial charge in [-0.25, -0.2) is 18.4 Å². The van der Waals surface area contributed by atoms with Gasteiger partial charge in [-0.2, -0.15) is 4.31 Å². The summed E-state index contributed by atoms with van der Waals surface area (Å²) in [6, 6.07) is 14.2. The van der Waals surface area contributed by atoms with Crippen molar-refractivity contribution >= 4 is 32.7 Å². The predicted octanol–water partition coefficient (Wildman–Crippen LogP) is 2.59. The van der Waals surface area contributed by atoms with Gasteiger partial charge in [-0.05, 0) is 42.2 Å². The molecular formula is C26H32N6O3S. The Morgan fingerprint density at radius 2 is 1.78 bits per heavy atom. The van der Waals surface area contributed by atoms with E-state index < -0.39 is 22.2 Å². The summed E-state index contributed by atoms with van der Waals surface area (Å²) in [5.74, 6) is 1.07. The molecule has 2 aliphatic heterocycles. The van der Waals surface area contributed by atoms with Crippen LogP contribution in [-0.2, 0) is 27.8 Å². The number of carbonyl (C=O) groups is 1. The molecule has 9 nitrogen and oxygen atoms in total. The van der Waals surface area contributed by atoms with Gasteiger partial charge in [0.2, 0.25) is 15.9 Å². The van der Waals surface area contributed by atoms with Gasteiger partial charge in [0.1, 0.15) is 17.7 Å². The van der Waals surface area contributed by atoms with Crippen molar-refractivity contribution in [2.24, 2.45) is 5.92 Å². The van der Waals surface area contributed by atoms with Crippen LogP contribution < -0.4 is 10.6 Å². The van der Waals surface area contributed by atoms with E-state index in [1.807, 2.05) is 57.2 Å². The second-order valence-electron chi connectivity index (χ2n) is 9.73. The lowest BCUT2D eigenvalue weighted by Crippen LogP contribution is -2.62. The third kappa shape index (κ3) is 4.68. The minimum Gasteiger partial charge on any atom is -0.358 e. The Morgan fingerprint density at radius 3 is 2.50 bits per heavy atom. The number of piperazine rings is 1. The summed E-state index contributed by atoms with van der Waals surface area (Å²) in [5, 5.41) is 7.32. The molecule has 0 aliphatic carbocycles. The molecule has 0 spiro atoms. The third-order valence-corrected chi connectivity index (χ3v) is 8.85. The van der Waals surface area contributed by atoms with E-state index in [9.17, 15) is 13.2 Å². The zero-order chi connectivity index (χ0) is 25.4. The first-order valence-electron chi connectivity index (χ1n) is 12.4. The maximum Gasteiger partial charge on any atom is 0.244 e. The van der Waals surface area contributed by atoms with E-state index in [2.05, 4.69) is 15.5 Å². The maximum absolute atomic E-state index is 13.4. The van der Waals surface area contributed by atoms with E-state index in [-0.39, 0.29) is 23.3 Å². The molecule has 2 aromatic carbocycles. The number of aromatic nitrogens is 2. The summed E-state index contributed by atoms with van der Waals surface area (Å²) in [6.45, 7) is 7.29. The van der Waals surface area contributed by atoms with E-state index in [1.165, 1.54) is 4.31 Å². The number of hydrogen-bond donors (Lipinski definition) is 2. The first-order valence-corrected chi connectivity index (χ1v) is 13.9. The summed E-state index contributed by atoms with van der Waals surface area (Å²) in [6.07, 6.45) is 0.340. The molecule has 5 rings (SSSR count). The fourth-order valence-corrected chi connectivity index (χ4v) is 6.25. The largest absolute Gasteiger partial charge is 0.358 e. The van der Waals surface area contributed by atoms with Crippen molar-refractivity contribution in [3.63, 3.8) is 0 Å². The number of rotatable bonds is 4. The predicted molar refractivity (Wildman–Crippen MR) is 139 cm³/mol. The fourth-order valence-electron chi connectivity index (χ4n) is 4.81. The standard InChI is InChI=1S/C26H32N6O3S/c1-4-18-9-11-19(12-10-18)36(34,35)32-14-13-31-15-22-27-21-8-6-5-7-20(21)25(28-22)30-24(17(2)3)26(33)29-23(31)16-32/h5-12,17,23-24H,4,13-16H2,1-3H3,(H,29,33)(H,27,28,30)/t23?,24-/m0/s1. The van der Waals surface area contributed by atoms with Gasteiger partial charge in [0.05, 0.1) is 23.1 Å². The fraction of sp³-hybridized carbons (Fsp3) is 0.423. The number of aryl methyl sites for hydroxylation is 1. The second-order valence-corrected chi connectivity index (χ2v) is 11.7. The van der Waals surface area contributed by atoms with Crippen LogP contribution in [0.1, 0.15) is 32.2 Å². The summed E-state index contributed by atoms with van der Waals surface area (Å²) in [4.78, 5) is 25.3. The highest BCUT2D eigenvalue weighted by Gasteiger charge is 2.37. The van der Waals surface area contributed by atoms with Crippen LogP contribution in [0.5, 0.6) is 0 Å². The van der Waals surface area contributed by atoms with Crippen LogP contribution in [0.15, 0.2) is 53.4 Å². The van der Waals surface area contributed by atoms with Crippen molar-refractivity contribution in [3.05, 3.63) is 59.9 Å². The van der Waals surface area contributed by atoms with Crippen molar-refractivity contribution in [1.29, 1.82) is 0 Å². The average Bonchev–Trinajstić information content (AvgIpc) is 2.87. The SMILES string of the molecule is CCc1ccc(S(=O)(=O)N2CCN3Cc4nc(c5ccccc5n4)N[C@@H](C(C)C)C(=O)NC3C2)cc1. The van der Waals surface area contributed by atoms with Gasteiger partial charge < -0.3 is 10.6 Å². The van der Waals surface area contributed by atoms with Crippen molar-refractivity contribution in [1.82, 2.24) is 24.5 Å². The van der Waals surface area contributed by atoms with E-state index in [0.717, 1.165) is 22.9 Å². The van der Waals surface area contributed by atoms with Crippen molar-refractivity contribution in [2.75, 3.05) is 25.0 Å². The van der Waals surface area contributed by atoms with Crippen molar-refractivity contribution in [2.45, 2.75) is 50.8 Å². The first-order chi connectivity index (χ1) is 17.3. The number of anilines is 1. The monoisotopic (exact) mass is 508 g/mol. The highest BCUT2D eigenvalue weighted by atomic mass is 32.2. The normalized spacial score (nSPS) is 21.6. The molecular weight excluding hydrogens is 476 g/mol. The third-order valence-electron chi connectivity index (χ3n) is 6.97. The van der Waals surface area contributed by atoms with E-state index >= 15 is 0 Å². The molecule has 2 aliphatic rings. The molecule has 2 N–H and O–H groups in total. The molecule has 1 fully saturated rings. The first kappa shape index (κ1) is 24.6. The Morgan fingerprint density at radius 1 is 1.03 bits per heavy atom. The Balaban J connectivity index is 1.48. The average molecular weight is 509 g/mol. The van der Waals surface area contributed by atoms with Gasteiger partial charge in [0, 0.05) is 25.0 Å². The number of amides is 1. The zero-order valence-electron chi connectivity index (χ0n) is 20.8. The molecule has 190 valence electrons. The quantitative estimate of drug-likeness (QED) is 0.558. The number of nitrogens with zero attached hydrogens (tertiary/aromatic N) is 4. The Kier molecular flexibility index (Phi) is 6.67. The second kappa shape index (κ2) is 9.76. The Bertz CT molecular complexity index is 1380. The molecule has 0 saturated carbocycles. The molecule has 1 saturated heterocycles. The minimum absolute atomic E-state index is 0.0180. The number of fused-ring (bicyclic) bond motifs is 5. The molecule has 2 atom stereocenters. The lowest BCUT2D eigenvalue weighted by molar-refractivity contribution is -0.125. The summed E-state index contributed by atoms with van der Waals surface area (Å²) in [5.41, 5.74) is 1.89. The lowest BCUT2D eigenvalue weighted by atomic mass is 10.0. The molecule has 1 aromatic heterocycles. The smallest absolute Gasteiger partial charge is 0.244 e. The Labute approximate surface area is 212 Å². The van der Waals surface area contributed by atoms with Crippen LogP contribution in [0, 0.1) is 5.92 Å². The van der Waals surface area contributed by atoms with Gasteiger partial charge >= 0.3 is 0 Å². The van der Waals surface area contributed by atoms with Crippen LogP contribution in [0.2, 0.25) is 0 Å². The van der Waals surface area contributed by atoms with Gasteiger partial charge in [-0.1, -0.05) is 45.0 Å². The van der Waals surface area contributed by atoms with Crippen molar-refractivity contribution in [3.8, 4) is 0 Å². The molecule has 3 aromatic rings. The van der Waals surface area contributed by atoms with E-state index in [4.69, 9.17) is 9.97 Å². The summed E-state index contributed by atoms with van der Waals surface area (Å²) >= 11 is 0. The van der Waals surface area contributed by atoms with Crippen LogP contribution in [-0.4, -0.2) is 65.3 Å². The van der Waals surface area contributed by atoms with Crippen LogP contribution in [0.4, 0.5) is 5.82 Å². The van der Waals surface area contributed by atoms with Gasteiger partial charge in [-0.15, -0.1) is 0 Å². The molecule has 1 unspecified atom stereocenters. The van der Waals surface area contributed by atoms with E-state index in [0.29, 0.717) is 31.3 Å². The maximum atomic E-state index is 13.4. The zero-order valence-corrected chi connectivity index (χ0v) is 21.6. The molecule has 2 bridgehead atoms. The van der Waals surface area contributed by atoms with Gasteiger partial charge in [-0.3, -0.25) is 9.69 Å². The van der Waals surface area contributed by atoms with Crippen LogP contribution in [0.3, 0.4) is 0 Å². The number of hydrogen-bond acceptors (Lipinski definition) is 7. The molecule has 3 heterocycles. The van der Waals surface area contributed by atoms with Gasteiger partial charge in [0.15, 0.2) is 0 Å². The lowest BCUT2D eigenvalue weighted by Gasteiger charge is -2.41. The minimum atomic E-state index is -3.70. The molecule has 0 radical (unpaired) electrons. The van der Waals surface area contributed by atoms with Crippen LogP contribution in [0.25, 0.3) is 10.9 Å². The number of carbonyl (C=O) groups excluding carboxylic acids is 1. The molecule has 10 heteroatoms. The van der Waals surface area contributed by atoms with Crippen molar-refractivity contribution < 1.29 is 13.2 Å². The molecule has 1 amide bonds. The Hall–Kier alpha value is -3.08. The number of benzene rings is 2. The van der Waals surface area contributed by atoms with Gasteiger partial charge in [0.25, 0.3) is 0 Å². The van der Waals surface area contributed by atoms with Crippen LogP contribution >= 0.6 is 0 Å². The van der Waals surface area contributed by atoms with E-state index in [1.54, 1.807) is 12.1 Å². The highest BCUT2D eigenvalue weighted by molar-refractivity contribution is 7.89. The topological polar surface area (TPSA) is 108 Å².